The Morgan fingerprint density at radius 1 is 1.11 bits per heavy atom. The second kappa shape index (κ2) is 4.94. The number of hydrogen-bond acceptors (Lipinski definition) is 6. The molecular formula is C13H20N4O2. The fraction of sp³-hybridized carbons (Fsp3) is 0.692. The summed E-state index contributed by atoms with van der Waals surface area (Å²) in [6.45, 7) is 8.94. The van der Waals surface area contributed by atoms with Gasteiger partial charge in [-0.05, 0) is 13.8 Å². The highest BCUT2D eigenvalue weighted by molar-refractivity contribution is 5.52. The van der Waals surface area contributed by atoms with Gasteiger partial charge >= 0.3 is 0 Å². The molecule has 0 aliphatic carbocycles. The topological polar surface area (TPSA) is 50.7 Å². The van der Waals surface area contributed by atoms with Gasteiger partial charge in [-0.1, -0.05) is 0 Å². The van der Waals surface area contributed by atoms with Crippen LogP contribution in [0.3, 0.4) is 0 Å². The summed E-state index contributed by atoms with van der Waals surface area (Å²) in [5, 5.41) is 0. The minimum absolute atomic E-state index is 0.0172. The molecule has 0 atom stereocenters. The van der Waals surface area contributed by atoms with Crippen molar-refractivity contribution < 1.29 is 9.47 Å². The maximum atomic E-state index is 5.54. The van der Waals surface area contributed by atoms with Gasteiger partial charge in [0.15, 0.2) is 0 Å². The summed E-state index contributed by atoms with van der Waals surface area (Å²) < 4.78 is 10.9. The van der Waals surface area contributed by atoms with Crippen molar-refractivity contribution in [2.24, 2.45) is 0 Å². The molecule has 6 nitrogen and oxygen atoms in total. The Bertz CT molecular complexity index is 446. The Morgan fingerprint density at radius 2 is 1.84 bits per heavy atom. The third-order valence-corrected chi connectivity index (χ3v) is 3.66. The maximum Gasteiger partial charge on any atom is 0.136 e. The van der Waals surface area contributed by atoms with Gasteiger partial charge in [0.05, 0.1) is 25.4 Å². The molecular weight excluding hydrogens is 244 g/mol. The normalized spacial score (nSPS) is 22.8. The lowest BCUT2D eigenvalue weighted by Crippen LogP contribution is -2.41. The highest BCUT2D eigenvalue weighted by atomic mass is 16.5. The van der Waals surface area contributed by atoms with Crippen LogP contribution in [0.1, 0.15) is 13.8 Å². The van der Waals surface area contributed by atoms with Gasteiger partial charge in [-0.2, -0.15) is 0 Å². The molecule has 2 fully saturated rings. The van der Waals surface area contributed by atoms with Crippen LogP contribution in [-0.2, 0) is 9.47 Å². The second-order valence-corrected chi connectivity index (χ2v) is 5.55. The zero-order chi connectivity index (χ0) is 13.3. The van der Waals surface area contributed by atoms with Crippen LogP contribution in [0.4, 0.5) is 11.6 Å². The van der Waals surface area contributed by atoms with E-state index in [1.54, 1.807) is 6.33 Å². The Hall–Kier alpha value is -1.40. The van der Waals surface area contributed by atoms with Gasteiger partial charge in [0.2, 0.25) is 0 Å². The first-order valence-corrected chi connectivity index (χ1v) is 6.67. The van der Waals surface area contributed by atoms with Crippen molar-refractivity contribution in [3.05, 3.63) is 12.4 Å². The van der Waals surface area contributed by atoms with Gasteiger partial charge < -0.3 is 19.3 Å². The predicted octanol–water partition coefficient (Wildman–Crippen LogP) is 0.886. The van der Waals surface area contributed by atoms with Gasteiger partial charge in [0, 0.05) is 19.2 Å². The molecule has 2 saturated heterocycles. The van der Waals surface area contributed by atoms with Crippen LogP contribution in [0.25, 0.3) is 0 Å². The largest absolute Gasteiger partial charge is 0.378 e. The monoisotopic (exact) mass is 264 g/mol. The van der Waals surface area contributed by atoms with Crippen molar-refractivity contribution in [1.29, 1.82) is 0 Å². The van der Waals surface area contributed by atoms with E-state index in [1.807, 2.05) is 6.07 Å². The van der Waals surface area contributed by atoms with Crippen molar-refractivity contribution in [3.63, 3.8) is 0 Å². The zero-order valence-electron chi connectivity index (χ0n) is 11.5. The summed E-state index contributed by atoms with van der Waals surface area (Å²) in [7, 11) is 0. The molecule has 0 amide bonds. The lowest BCUT2D eigenvalue weighted by Gasteiger charge is -2.32. The third-order valence-electron chi connectivity index (χ3n) is 3.66. The number of ether oxygens (including phenoxy) is 2. The lowest BCUT2D eigenvalue weighted by atomic mass is 10.1. The molecule has 3 rings (SSSR count). The SMILES string of the molecule is CC1(C)COCN1c1cc(N2CCOCC2)ncn1. The van der Waals surface area contributed by atoms with Gasteiger partial charge in [0.1, 0.15) is 24.7 Å². The van der Waals surface area contributed by atoms with E-state index in [2.05, 4.69) is 33.6 Å². The number of aromatic nitrogens is 2. The van der Waals surface area contributed by atoms with E-state index in [1.165, 1.54) is 0 Å². The summed E-state index contributed by atoms with van der Waals surface area (Å²) in [5.74, 6) is 1.90. The van der Waals surface area contributed by atoms with E-state index in [0.717, 1.165) is 44.5 Å². The van der Waals surface area contributed by atoms with Gasteiger partial charge in [-0.25, -0.2) is 9.97 Å². The smallest absolute Gasteiger partial charge is 0.136 e. The Kier molecular flexibility index (Phi) is 3.28. The van der Waals surface area contributed by atoms with Crippen molar-refractivity contribution in [2.75, 3.05) is 49.4 Å². The van der Waals surface area contributed by atoms with E-state index < -0.39 is 0 Å². The van der Waals surface area contributed by atoms with E-state index >= 15 is 0 Å². The Labute approximate surface area is 113 Å². The van der Waals surface area contributed by atoms with E-state index in [-0.39, 0.29) is 5.54 Å². The summed E-state index contributed by atoms with van der Waals surface area (Å²) >= 11 is 0. The van der Waals surface area contributed by atoms with Crippen LogP contribution in [-0.4, -0.2) is 55.1 Å². The van der Waals surface area contributed by atoms with Crippen molar-refractivity contribution >= 4 is 11.6 Å². The molecule has 0 radical (unpaired) electrons. The molecule has 2 aliphatic heterocycles. The van der Waals surface area contributed by atoms with E-state index in [0.29, 0.717) is 6.73 Å². The van der Waals surface area contributed by atoms with Crippen molar-refractivity contribution in [1.82, 2.24) is 9.97 Å². The van der Waals surface area contributed by atoms with Crippen LogP contribution in [0, 0.1) is 0 Å². The number of morpholine rings is 1. The van der Waals surface area contributed by atoms with Gasteiger partial charge in [-0.3, -0.25) is 0 Å². The van der Waals surface area contributed by atoms with Crippen LogP contribution in [0.5, 0.6) is 0 Å². The average molecular weight is 264 g/mol. The quantitative estimate of drug-likeness (QED) is 0.790. The maximum absolute atomic E-state index is 5.54. The first kappa shape index (κ1) is 12.6. The highest BCUT2D eigenvalue weighted by Gasteiger charge is 2.34. The Morgan fingerprint density at radius 3 is 2.53 bits per heavy atom. The molecule has 0 saturated carbocycles. The highest BCUT2D eigenvalue weighted by Crippen LogP contribution is 2.28. The number of hydrogen-bond donors (Lipinski definition) is 0. The van der Waals surface area contributed by atoms with Gasteiger partial charge in [0.25, 0.3) is 0 Å². The summed E-state index contributed by atoms with van der Waals surface area (Å²) in [6, 6.07) is 2.04. The second-order valence-electron chi connectivity index (χ2n) is 5.55. The molecule has 0 spiro atoms. The molecule has 0 aromatic carbocycles. The van der Waals surface area contributed by atoms with Crippen molar-refractivity contribution in [2.45, 2.75) is 19.4 Å². The molecule has 1 aromatic heterocycles. The molecule has 104 valence electrons. The Balaban J connectivity index is 1.83. The minimum Gasteiger partial charge on any atom is -0.378 e. The summed E-state index contributed by atoms with van der Waals surface area (Å²) in [5.41, 5.74) is -0.0172. The molecule has 0 N–H and O–H groups in total. The fourth-order valence-electron chi connectivity index (χ4n) is 2.47. The molecule has 3 heterocycles. The summed E-state index contributed by atoms with van der Waals surface area (Å²) in [6.07, 6.45) is 1.63. The van der Waals surface area contributed by atoms with Crippen molar-refractivity contribution in [3.8, 4) is 0 Å². The number of rotatable bonds is 2. The fourth-order valence-corrected chi connectivity index (χ4v) is 2.47. The zero-order valence-corrected chi connectivity index (χ0v) is 11.5. The molecule has 0 bridgehead atoms. The number of nitrogens with zero attached hydrogens (tertiary/aromatic N) is 4. The average Bonchev–Trinajstić information content (AvgIpc) is 2.79. The number of anilines is 2. The lowest BCUT2D eigenvalue weighted by molar-refractivity contribution is 0.122. The first-order chi connectivity index (χ1) is 9.17. The van der Waals surface area contributed by atoms with Crippen LogP contribution >= 0.6 is 0 Å². The molecule has 19 heavy (non-hydrogen) atoms. The predicted molar refractivity (Wildman–Crippen MR) is 72.4 cm³/mol. The van der Waals surface area contributed by atoms with E-state index in [9.17, 15) is 0 Å². The van der Waals surface area contributed by atoms with Crippen LogP contribution in [0.2, 0.25) is 0 Å². The summed E-state index contributed by atoms with van der Waals surface area (Å²) in [4.78, 5) is 13.2. The van der Waals surface area contributed by atoms with Crippen LogP contribution < -0.4 is 9.80 Å². The molecule has 2 aliphatic rings. The third kappa shape index (κ3) is 2.50. The van der Waals surface area contributed by atoms with Gasteiger partial charge in [-0.15, -0.1) is 0 Å². The molecule has 0 unspecified atom stereocenters. The minimum atomic E-state index is -0.0172. The van der Waals surface area contributed by atoms with E-state index in [4.69, 9.17) is 9.47 Å². The van der Waals surface area contributed by atoms with Crippen LogP contribution in [0.15, 0.2) is 12.4 Å². The standard InChI is InChI=1S/C13H20N4O2/c1-13(2)8-19-10-17(13)12-7-11(14-9-15-12)16-3-5-18-6-4-16/h7,9H,3-6,8,10H2,1-2H3. The molecule has 6 heteroatoms. The first-order valence-electron chi connectivity index (χ1n) is 6.67. The molecule has 1 aromatic rings.